The van der Waals surface area contributed by atoms with Crippen LogP contribution in [-0.4, -0.2) is 47.2 Å². The minimum absolute atomic E-state index is 0.0567. The van der Waals surface area contributed by atoms with Crippen LogP contribution < -0.4 is 0 Å². The number of hydrogen-bond donors (Lipinski definition) is 1. The molecule has 2 atom stereocenters. The highest BCUT2D eigenvalue weighted by molar-refractivity contribution is 5.82. The van der Waals surface area contributed by atoms with Crippen molar-refractivity contribution in [2.24, 2.45) is 0 Å². The van der Waals surface area contributed by atoms with Crippen molar-refractivity contribution in [2.45, 2.75) is 44.4 Å². The molecule has 1 aliphatic carbocycles. The molecular formula is C10H17NO4. The van der Waals surface area contributed by atoms with Crippen LogP contribution in [-0.2, 0) is 14.3 Å². The summed E-state index contributed by atoms with van der Waals surface area (Å²) in [4.78, 5) is 23.6. The highest BCUT2D eigenvalue weighted by atomic mass is 16.5. The first-order chi connectivity index (χ1) is 6.98. The van der Waals surface area contributed by atoms with Crippen LogP contribution in [0.2, 0.25) is 0 Å². The number of rotatable bonds is 6. The predicted octanol–water partition coefficient (Wildman–Crippen LogP) is 0.485. The molecule has 1 N–H and O–H groups in total. The number of carboxylic acids is 1. The van der Waals surface area contributed by atoms with Gasteiger partial charge in [0.25, 0.3) is 0 Å². The van der Waals surface area contributed by atoms with Gasteiger partial charge in [0, 0.05) is 13.2 Å². The largest absolute Gasteiger partial charge is 0.479 e. The van der Waals surface area contributed by atoms with E-state index < -0.39 is 17.6 Å². The molecule has 0 spiro atoms. The van der Waals surface area contributed by atoms with E-state index in [2.05, 4.69) is 0 Å². The van der Waals surface area contributed by atoms with Gasteiger partial charge in [-0.15, -0.1) is 0 Å². The topological polar surface area (TPSA) is 66.8 Å². The van der Waals surface area contributed by atoms with Crippen molar-refractivity contribution < 1.29 is 19.4 Å². The second-order valence-corrected chi connectivity index (χ2v) is 4.07. The van der Waals surface area contributed by atoms with Gasteiger partial charge < -0.3 is 14.7 Å². The minimum Gasteiger partial charge on any atom is -0.479 e. The molecule has 0 aromatic rings. The lowest BCUT2D eigenvalue weighted by Crippen LogP contribution is -2.60. The molecule has 1 fully saturated rings. The van der Waals surface area contributed by atoms with E-state index in [1.807, 2.05) is 0 Å². The first-order valence-corrected chi connectivity index (χ1v) is 4.98. The van der Waals surface area contributed by atoms with Gasteiger partial charge in [0.2, 0.25) is 6.41 Å². The van der Waals surface area contributed by atoms with E-state index in [4.69, 9.17) is 4.74 Å². The van der Waals surface area contributed by atoms with E-state index in [0.29, 0.717) is 6.41 Å². The number of methoxy groups -OCH3 is 1. The lowest BCUT2D eigenvalue weighted by atomic mass is 9.93. The van der Waals surface area contributed by atoms with Crippen LogP contribution in [0.5, 0.6) is 0 Å². The minimum atomic E-state index is -1.28. The number of carbonyl (C=O) groups is 2. The number of amides is 1. The number of aliphatic carboxylic acids is 1. The molecule has 1 amide bonds. The molecule has 1 aliphatic rings. The van der Waals surface area contributed by atoms with E-state index in [1.54, 1.807) is 6.92 Å². The predicted molar refractivity (Wildman–Crippen MR) is 53.4 cm³/mol. The van der Waals surface area contributed by atoms with Crippen LogP contribution in [0.3, 0.4) is 0 Å². The molecule has 2 unspecified atom stereocenters. The average molecular weight is 215 g/mol. The quantitative estimate of drug-likeness (QED) is 0.655. The lowest BCUT2D eigenvalue weighted by Gasteiger charge is -2.39. The van der Waals surface area contributed by atoms with Gasteiger partial charge in [-0.25, -0.2) is 4.79 Å². The van der Waals surface area contributed by atoms with Crippen molar-refractivity contribution in [2.75, 3.05) is 7.11 Å². The summed E-state index contributed by atoms with van der Waals surface area (Å²) < 4.78 is 5.06. The highest BCUT2D eigenvalue weighted by Gasteiger charge is 2.49. The Morgan fingerprint density at radius 1 is 1.67 bits per heavy atom. The Labute approximate surface area is 89.0 Å². The van der Waals surface area contributed by atoms with Gasteiger partial charge in [-0.1, -0.05) is 0 Å². The van der Waals surface area contributed by atoms with Gasteiger partial charge in [-0.3, -0.25) is 4.79 Å². The second kappa shape index (κ2) is 4.18. The van der Waals surface area contributed by atoms with Crippen LogP contribution >= 0.6 is 0 Å². The molecule has 15 heavy (non-hydrogen) atoms. The van der Waals surface area contributed by atoms with Crippen LogP contribution in [0, 0.1) is 0 Å². The van der Waals surface area contributed by atoms with Crippen LogP contribution in [0.25, 0.3) is 0 Å². The first kappa shape index (κ1) is 12.0. The zero-order valence-corrected chi connectivity index (χ0v) is 9.27. The summed E-state index contributed by atoms with van der Waals surface area (Å²) in [5.74, 6) is -1.03. The molecular weight excluding hydrogens is 198 g/mol. The summed E-state index contributed by atoms with van der Waals surface area (Å²) in [6, 6.07) is 0.0567. The molecule has 0 bridgehead atoms. The molecule has 1 rings (SSSR count). The van der Waals surface area contributed by atoms with Crippen LogP contribution in [0.1, 0.15) is 26.7 Å². The monoisotopic (exact) mass is 215 g/mol. The third-order valence-corrected chi connectivity index (χ3v) is 3.17. The third kappa shape index (κ3) is 1.97. The van der Waals surface area contributed by atoms with Crippen molar-refractivity contribution in [3.05, 3.63) is 0 Å². The third-order valence-electron chi connectivity index (χ3n) is 3.17. The maximum Gasteiger partial charge on any atom is 0.332 e. The van der Waals surface area contributed by atoms with Gasteiger partial charge in [0.1, 0.15) is 0 Å². The van der Waals surface area contributed by atoms with Gasteiger partial charge in [0.05, 0.1) is 6.10 Å². The summed E-state index contributed by atoms with van der Waals surface area (Å²) >= 11 is 0. The molecule has 0 aliphatic heterocycles. The molecule has 86 valence electrons. The first-order valence-electron chi connectivity index (χ1n) is 4.98. The zero-order valence-electron chi connectivity index (χ0n) is 9.27. The molecule has 0 aromatic heterocycles. The summed E-state index contributed by atoms with van der Waals surface area (Å²) in [5.41, 5.74) is -1.28. The van der Waals surface area contributed by atoms with E-state index >= 15 is 0 Å². The van der Waals surface area contributed by atoms with Gasteiger partial charge in [-0.2, -0.15) is 0 Å². The molecule has 0 aromatic carbocycles. The van der Waals surface area contributed by atoms with Crippen LogP contribution in [0.15, 0.2) is 0 Å². The molecule has 0 saturated heterocycles. The Morgan fingerprint density at radius 2 is 2.20 bits per heavy atom. The number of carbonyl (C=O) groups excluding carboxylic acids is 1. The van der Waals surface area contributed by atoms with Crippen molar-refractivity contribution in [1.82, 2.24) is 4.90 Å². The van der Waals surface area contributed by atoms with Crippen molar-refractivity contribution in [3.63, 3.8) is 0 Å². The summed E-state index contributed by atoms with van der Waals surface area (Å²) in [6.07, 6.45) is 1.82. The Bertz CT molecular complexity index is 264. The Hall–Kier alpha value is -1.10. The lowest BCUT2D eigenvalue weighted by molar-refractivity contribution is -0.164. The molecule has 5 nitrogen and oxygen atoms in total. The smallest absolute Gasteiger partial charge is 0.332 e. The van der Waals surface area contributed by atoms with Crippen molar-refractivity contribution >= 4 is 12.4 Å². The normalized spacial score (nSPS) is 21.5. The number of nitrogens with zero attached hydrogens (tertiary/aromatic N) is 1. The summed E-state index contributed by atoms with van der Waals surface area (Å²) in [7, 11) is 1.45. The van der Waals surface area contributed by atoms with E-state index in [1.165, 1.54) is 18.9 Å². The summed E-state index contributed by atoms with van der Waals surface area (Å²) in [5, 5.41) is 9.23. The van der Waals surface area contributed by atoms with E-state index in [0.717, 1.165) is 12.8 Å². The van der Waals surface area contributed by atoms with E-state index in [-0.39, 0.29) is 6.04 Å². The Morgan fingerprint density at radius 3 is 2.47 bits per heavy atom. The molecule has 0 radical (unpaired) electrons. The number of hydrogen-bond acceptors (Lipinski definition) is 3. The molecule has 1 saturated carbocycles. The second-order valence-electron chi connectivity index (χ2n) is 4.07. The molecule has 5 heteroatoms. The Kier molecular flexibility index (Phi) is 3.34. The fourth-order valence-corrected chi connectivity index (χ4v) is 1.65. The zero-order chi connectivity index (χ0) is 11.6. The maximum atomic E-state index is 11.3. The maximum absolute atomic E-state index is 11.3. The van der Waals surface area contributed by atoms with Crippen LogP contribution in [0.4, 0.5) is 0 Å². The SMILES string of the molecule is COC(C)C(C)(C(=O)O)N(C=O)C1CC1. The van der Waals surface area contributed by atoms with Gasteiger partial charge in [0.15, 0.2) is 5.54 Å². The van der Waals surface area contributed by atoms with Gasteiger partial charge in [-0.05, 0) is 26.7 Å². The molecule has 0 heterocycles. The fourth-order valence-electron chi connectivity index (χ4n) is 1.65. The van der Waals surface area contributed by atoms with Gasteiger partial charge >= 0.3 is 5.97 Å². The van der Waals surface area contributed by atoms with E-state index in [9.17, 15) is 14.7 Å². The Balaban J connectivity index is 2.96. The fraction of sp³-hybridized carbons (Fsp3) is 0.800. The highest BCUT2D eigenvalue weighted by Crippen LogP contribution is 2.34. The number of carboxylic acid groups (broad SMARTS) is 1. The average Bonchev–Trinajstić information content (AvgIpc) is 3.01. The van der Waals surface area contributed by atoms with Crippen molar-refractivity contribution in [1.29, 1.82) is 0 Å². The summed E-state index contributed by atoms with van der Waals surface area (Å²) in [6.45, 7) is 3.18. The standard InChI is InChI=1S/C10H17NO4/c1-7(15-3)10(2,9(13)14)11(6-12)8-4-5-8/h6-8H,4-5H2,1-3H3,(H,13,14). The number of ether oxygens (including phenoxy) is 1. The van der Waals surface area contributed by atoms with Crippen molar-refractivity contribution in [3.8, 4) is 0 Å².